The van der Waals surface area contributed by atoms with Gasteiger partial charge in [0, 0.05) is 20.1 Å². The van der Waals surface area contributed by atoms with Crippen molar-refractivity contribution in [3.63, 3.8) is 0 Å². The smallest absolute Gasteiger partial charge is 0.317 e. The van der Waals surface area contributed by atoms with E-state index in [1.54, 1.807) is 7.05 Å². The molecule has 0 aromatic rings. The Morgan fingerprint density at radius 1 is 1.46 bits per heavy atom. The molecule has 0 bridgehead atoms. The lowest BCUT2D eigenvalue weighted by Crippen LogP contribution is -2.38. The number of amides is 2. The van der Waals surface area contributed by atoms with E-state index in [1.807, 2.05) is 4.90 Å². The Labute approximate surface area is 80.5 Å². The molecular weight excluding hydrogens is 164 g/mol. The highest BCUT2D eigenvalue weighted by atomic mass is 16.2. The van der Waals surface area contributed by atoms with Gasteiger partial charge in [-0.2, -0.15) is 0 Å². The number of likely N-dealkylation sites (tertiary alicyclic amines) is 1. The lowest BCUT2D eigenvalue weighted by atomic mass is 9.98. The molecule has 1 atom stereocenters. The molecule has 76 valence electrons. The van der Waals surface area contributed by atoms with Crippen LogP contribution in [0.15, 0.2) is 0 Å². The number of urea groups is 1. The summed E-state index contributed by atoms with van der Waals surface area (Å²) in [6, 6.07) is 0.0803. The van der Waals surface area contributed by atoms with E-state index in [9.17, 15) is 4.79 Å². The number of carbonyl (C=O) groups is 1. The number of rotatable bonds is 1. The Morgan fingerprint density at radius 3 is 2.85 bits per heavy atom. The summed E-state index contributed by atoms with van der Waals surface area (Å²) >= 11 is 0. The normalized spacial score (nSPS) is 23.8. The van der Waals surface area contributed by atoms with E-state index < -0.39 is 0 Å². The fourth-order valence-electron chi connectivity index (χ4n) is 1.93. The average Bonchev–Trinajstić information content (AvgIpc) is 2.41. The van der Waals surface area contributed by atoms with Crippen molar-refractivity contribution >= 4 is 6.03 Å². The maximum Gasteiger partial charge on any atom is 0.317 e. The third-order valence-corrected chi connectivity index (χ3v) is 2.93. The number of nitrogens with zero attached hydrogens (tertiary/aromatic N) is 1. The van der Waals surface area contributed by atoms with Gasteiger partial charge in [0.1, 0.15) is 0 Å². The Kier molecular flexibility index (Phi) is 4.06. The molecule has 0 aromatic heterocycles. The van der Waals surface area contributed by atoms with E-state index in [0.29, 0.717) is 0 Å². The first-order valence-electron chi connectivity index (χ1n) is 5.24. The maximum absolute atomic E-state index is 11.3. The lowest BCUT2D eigenvalue weighted by Gasteiger charge is -2.19. The van der Waals surface area contributed by atoms with Crippen LogP contribution in [0.2, 0.25) is 0 Å². The highest BCUT2D eigenvalue weighted by molar-refractivity contribution is 5.73. The minimum Gasteiger partial charge on any atom is -0.341 e. The second-order valence-electron chi connectivity index (χ2n) is 3.75. The Hall–Kier alpha value is -0.730. The highest BCUT2D eigenvalue weighted by Crippen LogP contribution is 2.19. The first-order valence-corrected chi connectivity index (χ1v) is 5.24. The molecule has 13 heavy (non-hydrogen) atoms. The minimum atomic E-state index is 0.0803. The van der Waals surface area contributed by atoms with Crippen molar-refractivity contribution in [1.29, 1.82) is 0 Å². The molecule has 1 rings (SSSR count). The molecule has 0 aromatic carbocycles. The van der Waals surface area contributed by atoms with E-state index in [1.165, 1.54) is 19.3 Å². The van der Waals surface area contributed by atoms with Gasteiger partial charge in [0.25, 0.3) is 0 Å². The molecule has 0 spiro atoms. The molecule has 1 fully saturated rings. The Balaban J connectivity index is 2.40. The van der Waals surface area contributed by atoms with Crippen molar-refractivity contribution in [2.24, 2.45) is 5.92 Å². The summed E-state index contributed by atoms with van der Waals surface area (Å²) in [5.74, 6) is 0.828. The maximum atomic E-state index is 11.3. The molecule has 1 unspecified atom stereocenters. The molecule has 1 heterocycles. The van der Waals surface area contributed by atoms with Crippen molar-refractivity contribution in [3.8, 4) is 0 Å². The molecule has 1 aliphatic rings. The molecule has 3 nitrogen and oxygen atoms in total. The fourth-order valence-corrected chi connectivity index (χ4v) is 1.93. The first-order chi connectivity index (χ1) is 6.27. The monoisotopic (exact) mass is 184 g/mol. The Morgan fingerprint density at radius 2 is 2.23 bits per heavy atom. The molecule has 0 aliphatic carbocycles. The summed E-state index contributed by atoms with van der Waals surface area (Å²) in [6.45, 7) is 4.09. The van der Waals surface area contributed by atoms with Gasteiger partial charge in [-0.25, -0.2) is 4.79 Å². The SMILES string of the molecule is CCC1CCCN(C(=O)NC)CC1. The molecular formula is C10H20N2O. The zero-order valence-electron chi connectivity index (χ0n) is 8.68. The van der Waals surface area contributed by atoms with Crippen LogP contribution in [-0.2, 0) is 0 Å². The van der Waals surface area contributed by atoms with Crippen LogP contribution in [0, 0.1) is 5.92 Å². The van der Waals surface area contributed by atoms with Crippen molar-refractivity contribution in [2.45, 2.75) is 32.6 Å². The topological polar surface area (TPSA) is 32.3 Å². The van der Waals surface area contributed by atoms with Gasteiger partial charge in [0.15, 0.2) is 0 Å². The van der Waals surface area contributed by atoms with Gasteiger partial charge in [-0.05, 0) is 25.2 Å². The number of carbonyl (C=O) groups excluding carboxylic acids is 1. The van der Waals surface area contributed by atoms with E-state index >= 15 is 0 Å². The predicted molar refractivity (Wildman–Crippen MR) is 53.7 cm³/mol. The third-order valence-electron chi connectivity index (χ3n) is 2.93. The number of hydrogen-bond acceptors (Lipinski definition) is 1. The molecule has 1 N–H and O–H groups in total. The van der Waals surface area contributed by atoms with Crippen LogP contribution in [0.25, 0.3) is 0 Å². The summed E-state index contributed by atoms with van der Waals surface area (Å²) in [7, 11) is 1.70. The molecule has 2 amide bonds. The van der Waals surface area contributed by atoms with Crippen LogP contribution >= 0.6 is 0 Å². The van der Waals surface area contributed by atoms with Gasteiger partial charge in [-0.1, -0.05) is 13.3 Å². The first kappa shape index (κ1) is 10.4. The third kappa shape index (κ3) is 2.90. The standard InChI is InChI=1S/C10H20N2O/c1-3-9-5-4-7-12(8-6-9)10(13)11-2/h9H,3-8H2,1-2H3,(H,11,13). The van der Waals surface area contributed by atoms with Gasteiger partial charge < -0.3 is 10.2 Å². The largest absolute Gasteiger partial charge is 0.341 e. The zero-order valence-corrected chi connectivity index (χ0v) is 8.68. The molecule has 1 aliphatic heterocycles. The summed E-state index contributed by atoms with van der Waals surface area (Å²) in [6.07, 6.45) is 4.86. The minimum absolute atomic E-state index is 0.0803. The molecule has 0 saturated carbocycles. The molecule has 3 heteroatoms. The van der Waals surface area contributed by atoms with Gasteiger partial charge in [-0.3, -0.25) is 0 Å². The van der Waals surface area contributed by atoms with Crippen molar-refractivity contribution in [1.82, 2.24) is 10.2 Å². The van der Waals surface area contributed by atoms with Crippen LogP contribution in [0.3, 0.4) is 0 Å². The van der Waals surface area contributed by atoms with Crippen LogP contribution in [0.4, 0.5) is 4.79 Å². The van der Waals surface area contributed by atoms with Crippen molar-refractivity contribution in [2.75, 3.05) is 20.1 Å². The van der Waals surface area contributed by atoms with Crippen LogP contribution in [0.1, 0.15) is 32.6 Å². The van der Waals surface area contributed by atoms with Crippen molar-refractivity contribution in [3.05, 3.63) is 0 Å². The summed E-state index contributed by atoms with van der Waals surface area (Å²) < 4.78 is 0. The summed E-state index contributed by atoms with van der Waals surface area (Å²) in [5.41, 5.74) is 0. The highest BCUT2D eigenvalue weighted by Gasteiger charge is 2.18. The zero-order chi connectivity index (χ0) is 9.68. The molecule has 1 saturated heterocycles. The Bertz CT molecular complexity index is 170. The van der Waals surface area contributed by atoms with Crippen LogP contribution < -0.4 is 5.32 Å². The van der Waals surface area contributed by atoms with Gasteiger partial charge in [-0.15, -0.1) is 0 Å². The fraction of sp³-hybridized carbons (Fsp3) is 0.900. The van der Waals surface area contributed by atoms with E-state index in [-0.39, 0.29) is 6.03 Å². The quantitative estimate of drug-likeness (QED) is 0.662. The lowest BCUT2D eigenvalue weighted by molar-refractivity contribution is 0.201. The van der Waals surface area contributed by atoms with Crippen molar-refractivity contribution < 1.29 is 4.79 Å². The van der Waals surface area contributed by atoms with Gasteiger partial charge in [0.2, 0.25) is 0 Å². The average molecular weight is 184 g/mol. The van der Waals surface area contributed by atoms with Crippen LogP contribution in [0.5, 0.6) is 0 Å². The van der Waals surface area contributed by atoms with Gasteiger partial charge >= 0.3 is 6.03 Å². The molecule has 0 radical (unpaired) electrons. The summed E-state index contributed by atoms with van der Waals surface area (Å²) in [5, 5.41) is 2.68. The summed E-state index contributed by atoms with van der Waals surface area (Å²) in [4.78, 5) is 13.3. The van der Waals surface area contributed by atoms with E-state index in [0.717, 1.165) is 25.4 Å². The second kappa shape index (κ2) is 5.10. The van der Waals surface area contributed by atoms with E-state index in [2.05, 4.69) is 12.2 Å². The van der Waals surface area contributed by atoms with Gasteiger partial charge in [0.05, 0.1) is 0 Å². The number of nitrogens with one attached hydrogen (secondary N) is 1. The van der Waals surface area contributed by atoms with E-state index in [4.69, 9.17) is 0 Å². The predicted octanol–water partition coefficient (Wildman–Crippen LogP) is 1.84. The number of hydrogen-bond donors (Lipinski definition) is 1. The second-order valence-corrected chi connectivity index (χ2v) is 3.75. The van der Waals surface area contributed by atoms with Crippen LogP contribution in [-0.4, -0.2) is 31.1 Å².